The first-order valence-electron chi connectivity index (χ1n) is 8.43. The van der Waals surface area contributed by atoms with Crippen LogP contribution in [0.15, 0.2) is 41.8 Å². The Balaban J connectivity index is 1.60. The highest BCUT2D eigenvalue weighted by Crippen LogP contribution is 2.22. The number of halogens is 1. The maximum Gasteiger partial charge on any atom is 0.263 e. The molecule has 6 heteroatoms. The zero-order chi connectivity index (χ0) is 17.8. The van der Waals surface area contributed by atoms with E-state index in [0.29, 0.717) is 18.0 Å². The summed E-state index contributed by atoms with van der Waals surface area (Å²) in [6.45, 7) is 3.01. The fourth-order valence-corrected chi connectivity index (χ4v) is 3.79. The van der Waals surface area contributed by atoms with Crippen LogP contribution in [-0.4, -0.2) is 29.8 Å². The second kappa shape index (κ2) is 7.78. The van der Waals surface area contributed by atoms with Crippen LogP contribution in [0.5, 0.6) is 0 Å². The number of hydrogen-bond acceptors (Lipinski definition) is 3. The van der Waals surface area contributed by atoms with Crippen LogP contribution in [0.2, 0.25) is 0 Å². The lowest BCUT2D eigenvalue weighted by molar-refractivity contribution is -0.127. The number of carbonyl (C=O) groups is 2. The highest BCUT2D eigenvalue weighted by Gasteiger charge is 2.29. The Hall–Kier alpha value is -2.21. The van der Waals surface area contributed by atoms with E-state index in [-0.39, 0.29) is 29.6 Å². The lowest BCUT2D eigenvalue weighted by Crippen LogP contribution is -2.45. The molecule has 2 amide bonds. The van der Waals surface area contributed by atoms with Gasteiger partial charge in [-0.1, -0.05) is 18.2 Å². The van der Waals surface area contributed by atoms with Crippen LogP contribution in [0.4, 0.5) is 4.39 Å². The van der Waals surface area contributed by atoms with Gasteiger partial charge in [0.2, 0.25) is 5.91 Å². The highest BCUT2D eigenvalue weighted by atomic mass is 32.1. The lowest BCUT2D eigenvalue weighted by Gasteiger charge is -2.32. The quantitative estimate of drug-likeness (QED) is 0.905. The third kappa shape index (κ3) is 4.25. The predicted octanol–water partition coefficient (Wildman–Crippen LogP) is 3.62. The number of carbonyl (C=O) groups excluding carboxylic acids is 2. The number of benzene rings is 1. The van der Waals surface area contributed by atoms with Gasteiger partial charge in [-0.2, -0.15) is 0 Å². The first kappa shape index (κ1) is 17.6. The Morgan fingerprint density at radius 2 is 2.04 bits per heavy atom. The number of amides is 2. The molecule has 1 aliphatic rings. The van der Waals surface area contributed by atoms with Crippen LogP contribution >= 0.6 is 11.3 Å². The molecule has 1 saturated heterocycles. The van der Waals surface area contributed by atoms with Gasteiger partial charge in [0, 0.05) is 13.1 Å². The third-order valence-electron chi connectivity index (χ3n) is 4.54. The maximum absolute atomic E-state index is 13.0. The molecule has 2 atom stereocenters. The van der Waals surface area contributed by atoms with Gasteiger partial charge in [0.05, 0.1) is 16.8 Å². The van der Waals surface area contributed by atoms with Crippen LogP contribution in [0, 0.1) is 11.7 Å². The molecule has 1 aromatic heterocycles. The van der Waals surface area contributed by atoms with E-state index in [1.54, 1.807) is 17.0 Å². The normalized spacial score (nSPS) is 18.6. The van der Waals surface area contributed by atoms with Crippen molar-refractivity contribution < 1.29 is 14.0 Å². The third-order valence-corrected chi connectivity index (χ3v) is 5.40. The molecule has 4 nitrogen and oxygen atoms in total. The molecule has 3 rings (SSSR count). The molecule has 25 heavy (non-hydrogen) atoms. The Labute approximate surface area is 150 Å². The first-order valence-corrected chi connectivity index (χ1v) is 9.31. The summed E-state index contributed by atoms with van der Waals surface area (Å²) in [6, 6.07) is 9.60. The van der Waals surface area contributed by atoms with Gasteiger partial charge >= 0.3 is 0 Å². The van der Waals surface area contributed by atoms with Crippen molar-refractivity contribution in [3.05, 3.63) is 58.0 Å². The topological polar surface area (TPSA) is 49.4 Å². The molecule has 1 fully saturated rings. The molecule has 1 N–H and O–H groups in total. The van der Waals surface area contributed by atoms with E-state index < -0.39 is 0 Å². The number of piperidine rings is 1. The molecule has 132 valence electrons. The summed E-state index contributed by atoms with van der Waals surface area (Å²) >= 11 is 1.42. The van der Waals surface area contributed by atoms with Gasteiger partial charge < -0.3 is 10.2 Å². The number of hydrogen-bond donors (Lipinski definition) is 1. The minimum Gasteiger partial charge on any atom is -0.349 e. The summed E-state index contributed by atoms with van der Waals surface area (Å²) in [5.74, 6) is -0.558. The molecule has 2 unspecified atom stereocenters. The molecule has 2 aromatic rings. The molecule has 0 radical (unpaired) electrons. The van der Waals surface area contributed by atoms with Crippen molar-refractivity contribution in [1.82, 2.24) is 10.2 Å². The minimum absolute atomic E-state index is 0.000849. The van der Waals surface area contributed by atoms with Gasteiger partial charge in [0.25, 0.3) is 5.91 Å². The maximum atomic E-state index is 13.0. The van der Waals surface area contributed by atoms with E-state index in [1.165, 1.54) is 23.5 Å². The number of nitrogens with zero attached hydrogens (tertiary/aromatic N) is 1. The Morgan fingerprint density at radius 1 is 1.28 bits per heavy atom. The predicted molar refractivity (Wildman–Crippen MR) is 95.9 cm³/mol. The number of rotatable bonds is 4. The van der Waals surface area contributed by atoms with Gasteiger partial charge in [0.15, 0.2) is 0 Å². The molecular weight excluding hydrogens is 339 g/mol. The van der Waals surface area contributed by atoms with E-state index in [0.717, 1.165) is 18.4 Å². The minimum atomic E-state index is -0.294. The van der Waals surface area contributed by atoms with Crippen LogP contribution in [0.25, 0.3) is 0 Å². The molecule has 1 aromatic carbocycles. The van der Waals surface area contributed by atoms with Gasteiger partial charge in [0.1, 0.15) is 5.82 Å². The molecular formula is C19H21FN2O2S. The van der Waals surface area contributed by atoms with E-state index >= 15 is 0 Å². The second-order valence-electron chi connectivity index (χ2n) is 6.35. The Kier molecular flexibility index (Phi) is 5.48. The zero-order valence-electron chi connectivity index (χ0n) is 14.1. The van der Waals surface area contributed by atoms with Crippen LogP contribution in [-0.2, 0) is 4.79 Å². The average Bonchev–Trinajstić information content (AvgIpc) is 3.16. The summed E-state index contributed by atoms with van der Waals surface area (Å²) in [4.78, 5) is 27.5. The fraction of sp³-hybridized carbons (Fsp3) is 0.368. The van der Waals surface area contributed by atoms with Crippen molar-refractivity contribution in [1.29, 1.82) is 0 Å². The van der Waals surface area contributed by atoms with Crippen LogP contribution < -0.4 is 5.32 Å². The van der Waals surface area contributed by atoms with Crippen molar-refractivity contribution in [2.45, 2.75) is 25.8 Å². The summed E-state index contributed by atoms with van der Waals surface area (Å²) in [5.41, 5.74) is 0.858. The van der Waals surface area contributed by atoms with Crippen molar-refractivity contribution >= 4 is 23.2 Å². The lowest BCUT2D eigenvalue weighted by atomic mass is 9.96. The van der Waals surface area contributed by atoms with Crippen molar-refractivity contribution in [3.63, 3.8) is 0 Å². The molecule has 0 saturated carbocycles. The number of nitrogens with one attached hydrogen (secondary N) is 1. The number of thiophene rings is 1. The number of likely N-dealkylation sites (tertiary alicyclic amines) is 1. The summed E-state index contributed by atoms with van der Waals surface area (Å²) in [5, 5.41) is 4.86. The van der Waals surface area contributed by atoms with Gasteiger partial charge in [-0.25, -0.2) is 4.39 Å². The van der Waals surface area contributed by atoms with E-state index in [2.05, 4.69) is 5.32 Å². The molecule has 0 aliphatic carbocycles. The van der Waals surface area contributed by atoms with Gasteiger partial charge in [-0.3, -0.25) is 9.59 Å². The average molecular weight is 360 g/mol. The first-order chi connectivity index (χ1) is 12.0. The largest absolute Gasteiger partial charge is 0.349 e. The van der Waals surface area contributed by atoms with Crippen molar-refractivity contribution in [2.75, 3.05) is 13.1 Å². The van der Waals surface area contributed by atoms with Crippen molar-refractivity contribution in [3.8, 4) is 0 Å². The molecule has 1 aliphatic heterocycles. The highest BCUT2D eigenvalue weighted by molar-refractivity contribution is 7.12. The van der Waals surface area contributed by atoms with Crippen LogP contribution in [0.3, 0.4) is 0 Å². The monoisotopic (exact) mass is 360 g/mol. The zero-order valence-corrected chi connectivity index (χ0v) is 14.9. The van der Waals surface area contributed by atoms with E-state index in [9.17, 15) is 14.0 Å². The molecule has 0 spiro atoms. The SMILES string of the molecule is CC(NC(=O)C1CCCN(C(=O)c2cccs2)C1)c1ccc(F)cc1. The van der Waals surface area contributed by atoms with E-state index in [1.807, 2.05) is 24.4 Å². The summed E-state index contributed by atoms with van der Waals surface area (Å²) < 4.78 is 13.0. The second-order valence-corrected chi connectivity index (χ2v) is 7.30. The standard InChI is InChI=1S/C19H21FN2O2S/c1-13(14-6-8-16(20)9-7-14)21-18(23)15-4-2-10-22(12-15)19(24)17-5-3-11-25-17/h3,5-9,11,13,15H,2,4,10,12H2,1H3,(H,21,23). The molecule has 0 bridgehead atoms. The van der Waals surface area contributed by atoms with Crippen molar-refractivity contribution in [2.24, 2.45) is 5.92 Å². The van der Waals surface area contributed by atoms with Gasteiger partial charge in [-0.05, 0) is 48.9 Å². The smallest absolute Gasteiger partial charge is 0.263 e. The summed E-state index contributed by atoms with van der Waals surface area (Å²) in [7, 11) is 0. The Morgan fingerprint density at radius 3 is 2.72 bits per heavy atom. The van der Waals surface area contributed by atoms with E-state index in [4.69, 9.17) is 0 Å². The molecule has 2 heterocycles. The fourth-order valence-electron chi connectivity index (χ4n) is 3.10. The summed E-state index contributed by atoms with van der Waals surface area (Å²) in [6.07, 6.45) is 1.59. The van der Waals surface area contributed by atoms with Gasteiger partial charge in [-0.15, -0.1) is 11.3 Å². The Bertz CT molecular complexity index is 730. The van der Waals surface area contributed by atoms with Crippen LogP contribution in [0.1, 0.15) is 41.0 Å².